The van der Waals surface area contributed by atoms with Gasteiger partial charge >= 0.3 is 0 Å². The molecule has 3 rings (SSSR count). The number of hydrogen-bond acceptors (Lipinski definition) is 3. The number of nitrogens with one attached hydrogen (secondary N) is 2. The van der Waals surface area contributed by atoms with Crippen LogP contribution in [0.1, 0.15) is 12.8 Å². The number of ether oxygens (including phenoxy) is 1. The summed E-state index contributed by atoms with van der Waals surface area (Å²) in [7, 11) is 0. The molecular weight excluding hydrogens is 278 g/mol. The van der Waals surface area contributed by atoms with Crippen LogP contribution in [-0.4, -0.2) is 29.6 Å². The predicted octanol–water partition coefficient (Wildman–Crippen LogP) is 2.04. The largest absolute Gasteiger partial charge is 0.381 e. The van der Waals surface area contributed by atoms with Crippen LogP contribution in [0.5, 0.6) is 0 Å². The summed E-state index contributed by atoms with van der Waals surface area (Å²) in [6.07, 6.45) is 3.00. The van der Waals surface area contributed by atoms with Crippen LogP contribution in [0.2, 0.25) is 0 Å². The van der Waals surface area contributed by atoms with Gasteiger partial charge in [0.05, 0.1) is 0 Å². The average molecular weight is 296 g/mol. The Morgan fingerprint density at radius 1 is 1.30 bits per heavy atom. The van der Waals surface area contributed by atoms with E-state index < -0.39 is 5.54 Å². The summed E-state index contributed by atoms with van der Waals surface area (Å²) in [4.78, 5) is 15.4. The third kappa shape index (κ3) is 2.80. The van der Waals surface area contributed by atoms with Crippen molar-refractivity contribution in [3.63, 3.8) is 0 Å². The van der Waals surface area contributed by atoms with Crippen molar-refractivity contribution in [1.29, 1.82) is 0 Å². The maximum absolute atomic E-state index is 12.3. The Hall–Kier alpha value is -1.56. The van der Waals surface area contributed by atoms with Gasteiger partial charge in [-0.1, -0.05) is 0 Å². The highest BCUT2D eigenvalue weighted by atomic mass is 35.5. The minimum Gasteiger partial charge on any atom is -0.381 e. The standard InChI is InChI=1S/C14H17N3O2.ClH/c15-14(4-7-19-8-5-14)13(18)17-11-1-2-12-10(9-11)3-6-16-12;/h1-3,6,9,16H,4-5,7-8,15H2,(H,17,18);1H. The lowest BCUT2D eigenvalue weighted by Crippen LogP contribution is -2.54. The van der Waals surface area contributed by atoms with Gasteiger partial charge in [0, 0.05) is 36.0 Å². The molecule has 1 aromatic heterocycles. The Morgan fingerprint density at radius 2 is 2.05 bits per heavy atom. The van der Waals surface area contributed by atoms with Gasteiger partial charge in [-0.3, -0.25) is 4.79 Å². The molecule has 1 aromatic carbocycles. The van der Waals surface area contributed by atoms with Crippen molar-refractivity contribution in [3.8, 4) is 0 Å². The second kappa shape index (κ2) is 5.83. The van der Waals surface area contributed by atoms with Gasteiger partial charge in [-0.15, -0.1) is 12.4 Å². The Morgan fingerprint density at radius 3 is 2.80 bits per heavy atom. The number of rotatable bonds is 2. The van der Waals surface area contributed by atoms with Crippen LogP contribution < -0.4 is 11.1 Å². The molecule has 0 radical (unpaired) electrons. The number of aromatic amines is 1. The minimum absolute atomic E-state index is 0. The molecule has 20 heavy (non-hydrogen) atoms. The fraction of sp³-hybridized carbons (Fsp3) is 0.357. The summed E-state index contributed by atoms with van der Waals surface area (Å²) in [5.41, 5.74) is 7.15. The van der Waals surface area contributed by atoms with E-state index >= 15 is 0 Å². The summed E-state index contributed by atoms with van der Waals surface area (Å²) in [6.45, 7) is 1.08. The lowest BCUT2D eigenvalue weighted by Gasteiger charge is -2.31. The molecule has 1 amide bonds. The molecule has 0 spiro atoms. The number of carbonyl (C=O) groups is 1. The number of anilines is 1. The van der Waals surface area contributed by atoms with Gasteiger partial charge in [0.1, 0.15) is 5.54 Å². The van der Waals surface area contributed by atoms with E-state index in [9.17, 15) is 4.79 Å². The van der Waals surface area contributed by atoms with Crippen LogP contribution >= 0.6 is 12.4 Å². The molecule has 0 atom stereocenters. The van der Waals surface area contributed by atoms with Crippen molar-refractivity contribution in [2.75, 3.05) is 18.5 Å². The van der Waals surface area contributed by atoms with Gasteiger partial charge in [0.2, 0.25) is 5.91 Å². The number of carbonyl (C=O) groups excluding carboxylic acids is 1. The Labute approximate surface area is 123 Å². The van der Waals surface area contributed by atoms with E-state index in [-0.39, 0.29) is 18.3 Å². The van der Waals surface area contributed by atoms with Crippen LogP contribution in [0.4, 0.5) is 5.69 Å². The lowest BCUT2D eigenvalue weighted by molar-refractivity contribution is -0.124. The third-order valence-electron chi connectivity index (χ3n) is 3.65. The molecule has 1 saturated heterocycles. The first-order valence-corrected chi connectivity index (χ1v) is 6.43. The smallest absolute Gasteiger partial charge is 0.244 e. The van der Waals surface area contributed by atoms with Crippen LogP contribution in [0, 0.1) is 0 Å². The normalized spacial score (nSPS) is 17.4. The van der Waals surface area contributed by atoms with Crippen molar-refractivity contribution in [3.05, 3.63) is 30.5 Å². The first-order valence-electron chi connectivity index (χ1n) is 6.43. The zero-order chi connectivity index (χ0) is 13.3. The fourth-order valence-corrected chi connectivity index (χ4v) is 2.35. The van der Waals surface area contributed by atoms with E-state index in [4.69, 9.17) is 10.5 Å². The first kappa shape index (κ1) is 14.8. The third-order valence-corrected chi connectivity index (χ3v) is 3.65. The second-order valence-corrected chi connectivity index (χ2v) is 5.00. The zero-order valence-electron chi connectivity index (χ0n) is 11.0. The molecule has 6 heteroatoms. The summed E-state index contributed by atoms with van der Waals surface area (Å²) < 4.78 is 5.25. The molecule has 5 nitrogen and oxygen atoms in total. The maximum Gasteiger partial charge on any atom is 0.244 e. The molecule has 2 aromatic rings. The van der Waals surface area contributed by atoms with E-state index in [2.05, 4.69) is 10.3 Å². The van der Waals surface area contributed by atoms with Crippen molar-refractivity contribution >= 4 is 34.9 Å². The van der Waals surface area contributed by atoms with Crippen molar-refractivity contribution in [2.24, 2.45) is 5.73 Å². The van der Waals surface area contributed by atoms with Crippen molar-refractivity contribution in [1.82, 2.24) is 4.98 Å². The maximum atomic E-state index is 12.3. The SMILES string of the molecule is Cl.NC1(C(=O)Nc2ccc3[nH]ccc3c2)CCOCC1. The second-order valence-electron chi connectivity index (χ2n) is 5.00. The van der Waals surface area contributed by atoms with Gasteiger partial charge in [0.15, 0.2) is 0 Å². The van der Waals surface area contributed by atoms with Crippen molar-refractivity contribution in [2.45, 2.75) is 18.4 Å². The van der Waals surface area contributed by atoms with Crippen molar-refractivity contribution < 1.29 is 9.53 Å². The number of nitrogens with two attached hydrogens (primary N) is 1. The average Bonchev–Trinajstić information content (AvgIpc) is 2.87. The van der Waals surface area contributed by atoms with Crippen LogP contribution in [0.25, 0.3) is 10.9 Å². The molecule has 0 bridgehead atoms. The highest BCUT2D eigenvalue weighted by molar-refractivity contribution is 5.99. The number of benzene rings is 1. The zero-order valence-corrected chi connectivity index (χ0v) is 11.8. The van der Waals surface area contributed by atoms with Crippen LogP contribution in [0.3, 0.4) is 0 Å². The summed E-state index contributed by atoms with van der Waals surface area (Å²) >= 11 is 0. The van der Waals surface area contributed by atoms with Crippen LogP contribution in [0.15, 0.2) is 30.5 Å². The van der Waals surface area contributed by atoms with Gasteiger partial charge < -0.3 is 20.8 Å². The predicted molar refractivity (Wildman–Crippen MR) is 81.1 cm³/mol. The van der Waals surface area contributed by atoms with Gasteiger partial charge in [-0.2, -0.15) is 0 Å². The molecule has 2 heterocycles. The van der Waals surface area contributed by atoms with E-state index in [1.165, 1.54) is 0 Å². The Kier molecular flexibility index (Phi) is 4.32. The highest BCUT2D eigenvalue weighted by Crippen LogP contribution is 2.22. The summed E-state index contributed by atoms with van der Waals surface area (Å²) in [5, 5.41) is 3.97. The number of fused-ring (bicyclic) bond motifs is 1. The molecule has 0 unspecified atom stereocenters. The molecule has 1 aliphatic heterocycles. The quantitative estimate of drug-likeness (QED) is 0.793. The fourth-order valence-electron chi connectivity index (χ4n) is 2.35. The molecule has 0 saturated carbocycles. The molecule has 108 valence electrons. The summed E-state index contributed by atoms with van der Waals surface area (Å²) in [6, 6.07) is 7.72. The summed E-state index contributed by atoms with van der Waals surface area (Å²) in [5.74, 6) is -0.134. The molecule has 0 aliphatic carbocycles. The Balaban J connectivity index is 0.00000147. The van der Waals surface area contributed by atoms with E-state index in [1.807, 2.05) is 30.5 Å². The molecule has 1 fully saturated rings. The highest BCUT2D eigenvalue weighted by Gasteiger charge is 2.35. The topological polar surface area (TPSA) is 80.1 Å². The van der Waals surface area contributed by atoms with Gasteiger partial charge in [0.25, 0.3) is 0 Å². The number of H-pyrrole nitrogens is 1. The lowest BCUT2D eigenvalue weighted by atomic mass is 9.90. The molecule has 4 N–H and O–H groups in total. The van der Waals surface area contributed by atoms with E-state index in [0.717, 1.165) is 16.6 Å². The number of amides is 1. The van der Waals surface area contributed by atoms with Crippen LogP contribution in [-0.2, 0) is 9.53 Å². The minimum atomic E-state index is -0.814. The molecule has 1 aliphatic rings. The molecular formula is C14H18ClN3O2. The van der Waals surface area contributed by atoms with Gasteiger partial charge in [-0.05, 0) is 37.1 Å². The van der Waals surface area contributed by atoms with E-state index in [0.29, 0.717) is 26.1 Å². The first-order chi connectivity index (χ1) is 9.17. The Bertz CT molecular complexity index is 605. The monoisotopic (exact) mass is 295 g/mol. The number of aromatic nitrogens is 1. The number of hydrogen-bond donors (Lipinski definition) is 3. The van der Waals surface area contributed by atoms with Gasteiger partial charge in [-0.25, -0.2) is 0 Å². The van der Waals surface area contributed by atoms with E-state index in [1.54, 1.807) is 0 Å². The number of halogens is 1.